The molecular weight excluding hydrogens is 202 g/mol. The number of nitrogens with one attached hydrogen (secondary N) is 2. The first kappa shape index (κ1) is 11.2. The molecule has 0 unspecified atom stereocenters. The van der Waals surface area contributed by atoms with Crippen LogP contribution in [0.2, 0.25) is 0 Å². The minimum absolute atomic E-state index is 0.0440. The maximum absolute atomic E-state index is 12.0. The molecule has 2 N–H and O–H groups in total. The Kier molecular flexibility index (Phi) is 3.29. The second-order valence-electron chi connectivity index (χ2n) is 4.42. The van der Waals surface area contributed by atoms with Crippen LogP contribution in [0.3, 0.4) is 0 Å². The Morgan fingerprint density at radius 2 is 2.12 bits per heavy atom. The molecule has 2 heterocycles. The number of carbonyl (C=O) groups is 1. The lowest BCUT2D eigenvalue weighted by Gasteiger charge is -2.23. The Balaban J connectivity index is 1.99. The summed E-state index contributed by atoms with van der Waals surface area (Å²) in [4.78, 5) is 12.0. The van der Waals surface area contributed by atoms with E-state index in [-0.39, 0.29) is 5.91 Å². The lowest BCUT2D eigenvalue weighted by Crippen LogP contribution is -2.43. The molecule has 16 heavy (non-hydrogen) atoms. The molecule has 88 valence electrons. The summed E-state index contributed by atoms with van der Waals surface area (Å²) in [6, 6.07) is 4.17. The zero-order valence-electron chi connectivity index (χ0n) is 9.92. The van der Waals surface area contributed by atoms with E-state index in [1.165, 1.54) is 0 Å². The van der Waals surface area contributed by atoms with E-state index in [0.717, 1.165) is 37.3 Å². The average molecular weight is 221 g/mol. The molecule has 0 atom stereocenters. The van der Waals surface area contributed by atoms with E-state index in [2.05, 4.69) is 10.6 Å². The van der Waals surface area contributed by atoms with E-state index in [1.54, 1.807) is 0 Å². The summed E-state index contributed by atoms with van der Waals surface area (Å²) in [6.07, 6.45) is 2.05. The van der Waals surface area contributed by atoms with Gasteiger partial charge >= 0.3 is 0 Å². The third-order valence-electron chi connectivity index (χ3n) is 3.28. The van der Waals surface area contributed by atoms with Crippen molar-refractivity contribution in [2.45, 2.75) is 25.8 Å². The van der Waals surface area contributed by atoms with E-state index in [0.29, 0.717) is 6.04 Å². The smallest absolute Gasteiger partial charge is 0.268 e. The van der Waals surface area contributed by atoms with Gasteiger partial charge in [-0.05, 0) is 45.0 Å². The normalized spacial score (nSPS) is 17.4. The van der Waals surface area contributed by atoms with E-state index in [1.807, 2.05) is 30.7 Å². The van der Waals surface area contributed by atoms with Crippen molar-refractivity contribution in [3.8, 4) is 0 Å². The molecule has 0 radical (unpaired) electrons. The first-order valence-electron chi connectivity index (χ1n) is 5.82. The highest BCUT2D eigenvalue weighted by Gasteiger charge is 2.17. The molecule has 0 spiro atoms. The van der Waals surface area contributed by atoms with Crippen LogP contribution >= 0.6 is 0 Å². The number of nitrogens with zero attached hydrogens (tertiary/aromatic N) is 1. The van der Waals surface area contributed by atoms with Gasteiger partial charge in [-0.15, -0.1) is 0 Å². The molecule has 1 aliphatic heterocycles. The molecular formula is C12H19N3O. The highest BCUT2D eigenvalue weighted by atomic mass is 16.2. The maximum Gasteiger partial charge on any atom is 0.268 e. The van der Waals surface area contributed by atoms with Gasteiger partial charge in [0.2, 0.25) is 0 Å². The van der Waals surface area contributed by atoms with Gasteiger partial charge in [-0.2, -0.15) is 0 Å². The molecule has 1 fully saturated rings. The van der Waals surface area contributed by atoms with Crippen LogP contribution in [0.25, 0.3) is 0 Å². The Hall–Kier alpha value is -1.29. The van der Waals surface area contributed by atoms with Crippen LogP contribution in [-0.4, -0.2) is 29.6 Å². The quantitative estimate of drug-likeness (QED) is 0.776. The number of hydrogen-bond donors (Lipinski definition) is 2. The van der Waals surface area contributed by atoms with Gasteiger partial charge in [0.1, 0.15) is 5.69 Å². The molecule has 1 amide bonds. The lowest BCUT2D eigenvalue weighted by molar-refractivity contribution is 0.0921. The van der Waals surface area contributed by atoms with E-state index in [4.69, 9.17) is 0 Å². The molecule has 0 aliphatic carbocycles. The van der Waals surface area contributed by atoms with Crippen LogP contribution in [0, 0.1) is 6.92 Å². The summed E-state index contributed by atoms with van der Waals surface area (Å²) in [5.41, 5.74) is 1.85. The van der Waals surface area contributed by atoms with Crippen molar-refractivity contribution in [3.63, 3.8) is 0 Å². The molecule has 1 saturated heterocycles. The topological polar surface area (TPSA) is 46.1 Å². The van der Waals surface area contributed by atoms with Crippen molar-refractivity contribution < 1.29 is 4.79 Å². The fraction of sp³-hybridized carbons (Fsp3) is 0.583. The minimum Gasteiger partial charge on any atom is -0.348 e. The molecule has 0 bridgehead atoms. The molecule has 1 aromatic heterocycles. The monoisotopic (exact) mass is 221 g/mol. The van der Waals surface area contributed by atoms with Gasteiger partial charge in [0, 0.05) is 18.8 Å². The van der Waals surface area contributed by atoms with Gasteiger partial charge in [-0.1, -0.05) is 0 Å². The van der Waals surface area contributed by atoms with Gasteiger partial charge < -0.3 is 15.2 Å². The maximum atomic E-state index is 12.0. The van der Waals surface area contributed by atoms with Crippen LogP contribution in [0.1, 0.15) is 29.0 Å². The van der Waals surface area contributed by atoms with Gasteiger partial charge in [0.05, 0.1) is 0 Å². The Bertz CT molecular complexity index is 378. The summed E-state index contributed by atoms with van der Waals surface area (Å²) >= 11 is 0. The highest BCUT2D eigenvalue weighted by Crippen LogP contribution is 2.08. The summed E-state index contributed by atoms with van der Waals surface area (Å²) < 4.78 is 1.93. The number of carbonyl (C=O) groups excluding carboxylic acids is 1. The van der Waals surface area contributed by atoms with Crippen molar-refractivity contribution in [2.24, 2.45) is 7.05 Å². The first-order chi connectivity index (χ1) is 7.68. The number of piperidine rings is 1. The van der Waals surface area contributed by atoms with Crippen LogP contribution in [0.15, 0.2) is 12.1 Å². The predicted molar refractivity (Wildman–Crippen MR) is 63.5 cm³/mol. The average Bonchev–Trinajstić information content (AvgIpc) is 2.61. The number of aromatic nitrogens is 1. The van der Waals surface area contributed by atoms with Gasteiger partial charge in [0.25, 0.3) is 5.91 Å². The third-order valence-corrected chi connectivity index (χ3v) is 3.28. The zero-order chi connectivity index (χ0) is 11.5. The van der Waals surface area contributed by atoms with Crippen molar-refractivity contribution >= 4 is 5.91 Å². The first-order valence-corrected chi connectivity index (χ1v) is 5.82. The van der Waals surface area contributed by atoms with E-state index >= 15 is 0 Å². The number of rotatable bonds is 2. The molecule has 2 rings (SSSR count). The molecule has 1 aromatic rings. The van der Waals surface area contributed by atoms with Gasteiger partial charge in [0.15, 0.2) is 0 Å². The van der Waals surface area contributed by atoms with E-state index < -0.39 is 0 Å². The molecule has 1 aliphatic rings. The van der Waals surface area contributed by atoms with Crippen molar-refractivity contribution in [3.05, 3.63) is 23.5 Å². The lowest BCUT2D eigenvalue weighted by atomic mass is 10.1. The third kappa shape index (κ3) is 2.27. The fourth-order valence-corrected chi connectivity index (χ4v) is 2.07. The molecule has 0 saturated carbocycles. The van der Waals surface area contributed by atoms with Gasteiger partial charge in [-0.25, -0.2) is 0 Å². The van der Waals surface area contributed by atoms with Crippen LogP contribution in [-0.2, 0) is 7.05 Å². The van der Waals surface area contributed by atoms with Crippen LogP contribution < -0.4 is 10.6 Å². The second-order valence-corrected chi connectivity index (χ2v) is 4.42. The van der Waals surface area contributed by atoms with Crippen LogP contribution in [0.4, 0.5) is 0 Å². The molecule has 4 nitrogen and oxygen atoms in total. The van der Waals surface area contributed by atoms with Gasteiger partial charge in [-0.3, -0.25) is 4.79 Å². The zero-order valence-corrected chi connectivity index (χ0v) is 9.92. The summed E-state index contributed by atoms with van der Waals surface area (Å²) in [5, 5.41) is 6.38. The van der Waals surface area contributed by atoms with E-state index in [9.17, 15) is 4.79 Å². The van der Waals surface area contributed by atoms with Crippen molar-refractivity contribution in [2.75, 3.05) is 13.1 Å². The van der Waals surface area contributed by atoms with Crippen LogP contribution in [0.5, 0.6) is 0 Å². The Morgan fingerprint density at radius 3 is 2.69 bits per heavy atom. The van der Waals surface area contributed by atoms with Crippen molar-refractivity contribution in [1.29, 1.82) is 0 Å². The standard InChI is InChI=1S/C12H19N3O/c1-9-3-4-11(15(9)2)12(16)14-10-5-7-13-8-6-10/h3-4,10,13H,5-8H2,1-2H3,(H,14,16). The highest BCUT2D eigenvalue weighted by molar-refractivity contribution is 5.93. The Labute approximate surface area is 96.0 Å². The second kappa shape index (κ2) is 4.70. The largest absolute Gasteiger partial charge is 0.348 e. The minimum atomic E-state index is 0.0440. The fourth-order valence-electron chi connectivity index (χ4n) is 2.07. The summed E-state index contributed by atoms with van der Waals surface area (Å²) in [6.45, 7) is 4.00. The number of amides is 1. The predicted octanol–water partition coefficient (Wildman–Crippen LogP) is 0.815. The van der Waals surface area contributed by atoms with Crippen molar-refractivity contribution in [1.82, 2.24) is 15.2 Å². The number of aryl methyl sites for hydroxylation is 1. The SMILES string of the molecule is Cc1ccc(C(=O)NC2CCNCC2)n1C. The summed E-state index contributed by atoms with van der Waals surface area (Å²) in [5.74, 6) is 0.0440. The molecule has 0 aromatic carbocycles. The number of hydrogen-bond acceptors (Lipinski definition) is 2. The molecule has 4 heteroatoms. The Morgan fingerprint density at radius 1 is 1.44 bits per heavy atom. The summed E-state index contributed by atoms with van der Waals surface area (Å²) in [7, 11) is 1.92.